The van der Waals surface area contributed by atoms with E-state index >= 15 is 0 Å². The van der Waals surface area contributed by atoms with E-state index in [1.54, 1.807) is 0 Å². The van der Waals surface area contributed by atoms with Gasteiger partial charge in [-0.05, 0) is 37.5 Å². The number of Topliss-reactive ketones (excluding diaryl/α,β-unsaturated/α-hetero) is 1. The topological polar surface area (TPSA) is 36.8 Å². The van der Waals surface area contributed by atoms with E-state index in [4.69, 9.17) is 23.8 Å². The average molecular weight is 383 g/mol. The molecule has 138 valence electrons. The zero-order valence-electron chi connectivity index (χ0n) is 15.4. The molecule has 0 heterocycles. The molecule has 0 radical (unpaired) electrons. The van der Waals surface area contributed by atoms with Gasteiger partial charge in [0.15, 0.2) is 10.9 Å². The number of rotatable bonds is 6. The minimum absolute atomic E-state index is 0.205. The third kappa shape index (κ3) is 4.52. The summed E-state index contributed by atoms with van der Waals surface area (Å²) in [4.78, 5) is 16.4. The van der Waals surface area contributed by atoms with Crippen molar-refractivity contribution in [2.45, 2.75) is 37.6 Å². The summed E-state index contributed by atoms with van der Waals surface area (Å²) in [6, 6.07) is 7.65. The van der Waals surface area contributed by atoms with Crippen LogP contribution in [0.15, 0.2) is 24.3 Å². The number of likely N-dealkylation sites (N-methyl/N-ethyl adjacent to an activating group) is 1. The number of carbonyl (C=O) groups excluding carboxylic acids is 1. The summed E-state index contributed by atoms with van der Waals surface area (Å²) in [7, 11) is 6.19. The molecule has 6 heteroatoms. The first-order valence-corrected chi connectivity index (χ1v) is 9.77. The SMILES string of the molecule is CN(C(=S)NCCC[NH+](C)C)[C@]1(c2ccccc2Cl)CCCCC1=O. The molecule has 25 heavy (non-hydrogen) atoms. The molecule has 1 fully saturated rings. The van der Waals surface area contributed by atoms with Gasteiger partial charge in [0.1, 0.15) is 5.54 Å². The Morgan fingerprint density at radius 1 is 1.36 bits per heavy atom. The minimum atomic E-state index is -0.756. The van der Waals surface area contributed by atoms with Gasteiger partial charge in [-0.1, -0.05) is 29.8 Å². The Balaban J connectivity index is 2.22. The largest absolute Gasteiger partial charge is 0.362 e. The molecule has 4 nitrogen and oxygen atoms in total. The zero-order valence-corrected chi connectivity index (χ0v) is 17.0. The molecule has 0 saturated heterocycles. The van der Waals surface area contributed by atoms with Gasteiger partial charge in [0.25, 0.3) is 0 Å². The number of thiocarbonyl (C=S) groups is 1. The Labute approximate surface area is 161 Å². The molecular formula is C19H29ClN3OS+. The van der Waals surface area contributed by atoms with Gasteiger partial charge in [-0.3, -0.25) is 4.79 Å². The van der Waals surface area contributed by atoms with Crippen molar-refractivity contribution in [1.29, 1.82) is 0 Å². The summed E-state index contributed by atoms with van der Waals surface area (Å²) >= 11 is 12.1. The van der Waals surface area contributed by atoms with Crippen LogP contribution in [0.1, 0.15) is 37.7 Å². The first-order valence-electron chi connectivity index (χ1n) is 8.98. The molecule has 0 unspecified atom stereocenters. The summed E-state index contributed by atoms with van der Waals surface area (Å²) in [5.74, 6) is 0.205. The third-order valence-electron chi connectivity index (χ3n) is 4.98. The first kappa shape index (κ1) is 20.1. The molecule has 1 aliphatic carbocycles. The van der Waals surface area contributed by atoms with Crippen LogP contribution in [-0.4, -0.2) is 50.0 Å². The van der Waals surface area contributed by atoms with Crippen molar-refractivity contribution in [3.05, 3.63) is 34.9 Å². The van der Waals surface area contributed by atoms with Crippen LogP contribution in [0.3, 0.4) is 0 Å². The Kier molecular flexibility index (Phi) is 7.23. The summed E-state index contributed by atoms with van der Waals surface area (Å²) in [6.45, 7) is 1.88. The predicted molar refractivity (Wildman–Crippen MR) is 107 cm³/mol. The van der Waals surface area contributed by atoms with Gasteiger partial charge in [0.2, 0.25) is 0 Å². The van der Waals surface area contributed by atoms with Crippen LogP contribution in [0, 0.1) is 0 Å². The Bertz CT molecular complexity index is 622. The van der Waals surface area contributed by atoms with E-state index in [0.29, 0.717) is 16.6 Å². The van der Waals surface area contributed by atoms with Gasteiger partial charge in [0.05, 0.1) is 20.6 Å². The van der Waals surface area contributed by atoms with Crippen LogP contribution in [0.2, 0.25) is 5.02 Å². The fraction of sp³-hybridized carbons (Fsp3) is 0.579. The number of hydrogen-bond donors (Lipinski definition) is 2. The van der Waals surface area contributed by atoms with E-state index in [1.165, 1.54) is 4.90 Å². The Morgan fingerprint density at radius 2 is 2.08 bits per heavy atom. The van der Waals surface area contributed by atoms with Gasteiger partial charge in [0, 0.05) is 37.0 Å². The maximum atomic E-state index is 13.0. The second-order valence-electron chi connectivity index (χ2n) is 7.07. The lowest BCUT2D eigenvalue weighted by atomic mass is 9.74. The summed E-state index contributed by atoms with van der Waals surface area (Å²) in [5, 5.41) is 4.56. The Hall–Kier alpha value is -1.17. The van der Waals surface area contributed by atoms with E-state index in [2.05, 4.69) is 19.4 Å². The van der Waals surface area contributed by atoms with E-state index < -0.39 is 5.54 Å². The number of hydrogen-bond acceptors (Lipinski definition) is 2. The monoisotopic (exact) mass is 382 g/mol. The molecule has 0 aromatic heterocycles. The average Bonchev–Trinajstić information content (AvgIpc) is 2.59. The van der Waals surface area contributed by atoms with Gasteiger partial charge in [-0.2, -0.15) is 0 Å². The summed E-state index contributed by atoms with van der Waals surface area (Å²) in [6.07, 6.45) is 4.28. The van der Waals surface area contributed by atoms with Crippen molar-refractivity contribution in [2.24, 2.45) is 0 Å². The highest BCUT2D eigenvalue weighted by Gasteiger charge is 2.46. The molecule has 1 saturated carbocycles. The lowest BCUT2D eigenvalue weighted by molar-refractivity contribution is -0.858. The quantitative estimate of drug-likeness (QED) is 0.583. The minimum Gasteiger partial charge on any atom is -0.362 e. The van der Waals surface area contributed by atoms with Gasteiger partial charge >= 0.3 is 0 Å². The number of carbonyl (C=O) groups is 1. The van der Waals surface area contributed by atoms with Crippen molar-refractivity contribution in [1.82, 2.24) is 10.2 Å². The van der Waals surface area contributed by atoms with Gasteiger partial charge in [-0.15, -0.1) is 0 Å². The molecule has 1 aliphatic rings. The van der Waals surface area contributed by atoms with Crippen molar-refractivity contribution >= 4 is 34.7 Å². The van der Waals surface area contributed by atoms with Gasteiger partial charge in [-0.25, -0.2) is 0 Å². The van der Waals surface area contributed by atoms with E-state index in [9.17, 15) is 4.79 Å². The molecule has 2 rings (SSSR count). The number of quaternary nitrogens is 1. The van der Waals surface area contributed by atoms with Crippen molar-refractivity contribution < 1.29 is 9.69 Å². The molecule has 1 aromatic rings. The standard InChI is InChI=1S/C19H28ClN3OS/c1-22(2)14-8-13-21-18(25)23(3)19(12-7-6-11-17(19)24)15-9-4-5-10-16(15)20/h4-5,9-10H,6-8,11-14H2,1-3H3,(H,21,25)/p+1/t19-/m0/s1. The maximum Gasteiger partial charge on any atom is 0.169 e. The molecule has 1 aromatic carbocycles. The van der Waals surface area contributed by atoms with Crippen molar-refractivity contribution in [2.75, 3.05) is 34.2 Å². The molecule has 2 N–H and O–H groups in total. The van der Waals surface area contributed by atoms with Crippen molar-refractivity contribution in [3.63, 3.8) is 0 Å². The lowest BCUT2D eigenvalue weighted by Gasteiger charge is -2.45. The summed E-state index contributed by atoms with van der Waals surface area (Å²) in [5.41, 5.74) is 0.110. The smallest absolute Gasteiger partial charge is 0.169 e. The molecular weight excluding hydrogens is 354 g/mol. The lowest BCUT2D eigenvalue weighted by Crippen LogP contribution is -3.05. The zero-order chi connectivity index (χ0) is 18.4. The van der Waals surface area contributed by atoms with Crippen molar-refractivity contribution in [3.8, 4) is 0 Å². The highest BCUT2D eigenvalue weighted by atomic mass is 35.5. The number of nitrogens with one attached hydrogen (secondary N) is 2. The van der Waals surface area contributed by atoms with E-state index in [-0.39, 0.29) is 5.78 Å². The number of nitrogens with zero attached hydrogens (tertiary/aromatic N) is 1. The highest BCUT2D eigenvalue weighted by Crippen LogP contribution is 2.42. The second-order valence-corrected chi connectivity index (χ2v) is 7.87. The number of ketones is 1. The molecule has 1 atom stereocenters. The maximum absolute atomic E-state index is 13.0. The van der Waals surface area contributed by atoms with E-state index in [0.717, 1.165) is 44.3 Å². The summed E-state index contributed by atoms with van der Waals surface area (Å²) < 4.78 is 0. The normalized spacial score (nSPS) is 20.6. The van der Waals surface area contributed by atoms with E-state index in [1.807, 2.05) is 36.2 Å². The van der Waals surface area contributed by atoms with Gasteiger partial charge < -0.3 is 15.1 Å². The molecule has 0 aliphatic heterocycles. The van der Waals surface area contributed by atoms with Crippen LogP contribution in [0.5, 0.6) is 0 Å². The molecule has 0 spiro atoms. The van der Waals surface area contributed by atoms with Crippen LogP contribution in [0.4, 0.5) is 0 Å². The number of benzene rings is 1. The predicted octanol–water partition coefficient (Wildman–Crippen LogP) is 2.02. The Morgan fingerprint density at radius 3 is 2.72 bits per heavy atom. The second kappa shape index (κ2) is 8.97. The van der Waals surface area contributed by atoms with Crippen LogP contribution in [0.25, 0.3) is 0 Å². The fourth-order valence-corrected chi connectivity index (χ4v) is 4.11. The van der Waals surface area contributed by atoms with Crippen LogP contribution < -0.4 is 10.2 Å². The van der Waals surface area contributed by atoms with Crippen LogP contribution in [-0.2, 0) is 10.3 Å². The van der Waals surface area contributed by atoms with Crippen LogP contribution >= 0.6 is 23.8 Å². The molecule has 0 bridgehead atoms. The first-order chi connectivity index (χ1) is 11.9. The highest BCUT2D eigenvalue weighted by molar-refractivity contribution is 7.80. The third-order valence-corrected chi connectivity index (χ3v) is 5.73. The molecule has 0 amide bonds. The fourth-order valence-electron chi connectivity index (χ4n) is 3.56. The number of halogens is 1.